The van der Waals surface area contributed by atoms with Gasteiger partial charge >= 0.3 is 6.16 Å². The lowest BCUT2D eigenvalue weighted by molar-refractivity contribution is -0.384. The fraction of sp³-hybridized carbons (Fsp3) is 0. The summed E-state index contributed by atoms with van der Waals surface area (Å²) in [6, 6.07) is 5.07. The minimum Gasteiger partial charge on any atom is -0.395 e. The van der Waals surface area contributed by atoms with Crippen LogP contribution >= 0.6 is 11.3 Å². The second-order valence-electron chi connectivity index (χ2n) is 3.03. The van der Waals surface area contributed by atoms with Crippen molar-refractivity contribution in [3.05, 3.63) is 45.3 Å². The van der Waals surface area contributed by atoms with E-state index in [1.807, 2.05) is 0 Å². The number of nitrogens with zero attached hydrogens (tertiary/aromatic N) is 2. The van der Waals surface area contributed by atoms with E-state index in [0.717, 1.165) is 0 Å². The molecule has 0 unspecified atom stereocenters. The number of nitro groups is 1. The highest BCUT2D eigenvalue weighted by molar-refractivity contribution is 7.07. The first-order chi connectivity index (χ1) is 8.65. The van der Waals surface area contributed by atoms with E-state index in [2.05, 4.69) is 4.98 Å². The predicted molar refractivity (Wildman–Crippen MR) is 61.9 cm³/mol. The lowest BCUT2D eigenvalue weighted by Gasteiger charge is -2.02. The van der Waals surface area contributed by atoms with Gasteiger partial charge in [-0.15, -0.1) is 11.3 Å². The number of carbonyl (C=O) groups excluding carboxylic acids is 1. The van der Waals surface area contributed by atoms with Crippen molar-refractivity contribution < 1.29 is 19.2 Å². The van der Waals surface area contributed by atoms with Crippen molar-refractivity contribution in [1.82, 2.24) is 4.98 Å². The molecule has 0 aliphatic heterocycles. The summed E-state index contributed by atoms with van der Waals surface area (Å²) in [5.41, 5.74) is 1.42. The van der Waals surface area contributed by atoms with Crippen LogP contribution in [0.1, 0.15) is 0 Å². The van der Waals surface area contributed by atoms with Crippen molar-refractivity contribution >= 4 is 23.2 Å². The van der Waals surface area contributed by atoms with Crippen molar-refractivity contribution in [2.45, 2.75) is 0 Å². The number of hydrogen-bond acceptors (Lipinski definition) is 7. The Morgan fingerprint density at radius 1 is 1.28 bits per heavy atom. The summed E-state index contributed by atoms with van der Waals surface area (Å²) < 4.78 is 9.54. The first kappa shape index (κ1) is 12.0. The third-order valence-electron chi connectivity index (χ3n) is 1.85. The molecule has 0 atom stereocenters. The van der Waals surface area contributed by atoms with Crippen molar-refractivity contribution in [2.24, 2.45) is 0 Å². The van der Waals surface area contributed by atoms with Crippen LogP contribution in [-0.2, 0) is 0 Å². The third-order valence-corrected chi connectivity index (χ3v) is 2.41. The van der Waals surface area contributed by atoms with Crippen molar-refractivity contribution in [3.8, 4) is 11.6 Å². The number of nitro benzene ring substituents is 1. The number of aromatic nitrogens is 1. The van der Waals surface area contributed by atoms with E-state index >= 15 is 0 Å². The third kappa shape index (κ3) is 3.01. The van der Waals surface area contributed by atoms with Crippen molar-refractivity contribution in [3.63, 3.8) is 0 Å². The second-order valence-corrected chi connectivity index (χ2v) is 3.75. The molecule has 0 spiro atoms. The topological polar surface area (TPSA) is 91.6 Å². The maximum atomic E-state index is 11.3. The summed E-state index contributed by atoms with van der Waals surface area (Å²) in [4.78, 5) is 24.9. The van der Waals surface area contributed by atoms with Gasteiger partial charge in [0.25, 0.3) is 5.69 Å². The Labute approximate surface area is 105 Å². The molecule has 0 saturated heterocycles. The highest BCUT2D eigenvalue weighted by Crippen LogP contribution is 2.18. The van der Waals surface area contributed by atoms with Crippen LogP contribution in [0.3, 0.4) is 0 Å². The van der Waals surface area contributed by atoms with Crippen LogP contribution in [-0.4, -0.2) is 16.1 Å². The number of ether oxygens (including phenoxy) is 2. The molecule has 18 heavy (non-hydrogen) atoms. The normalized spacial score (nSPS) is 9.78. The molecule has 0 N–H and O–H groups in total. The zero-order chi connectivity index (χ0) is 13.0. The van der Waals surface area contributed by atoms with Gasteiger partial charge in [-0.2, -0.15) is 0 Å². The Morgan fingerprint density at radius 3 is 2.56 bits per heavy atom. The minimum absolute atomic E-state index is 0.0878. The lowest BCUT2D eigenvalue weighted by atomic mass is 10.3. The van der Waals surface area contributed by atoms with E-state index in [9.17, 15) is 14.9 Å². The standard InChI is InChI=1S/C10H6N2O5S/c13-10(17-9-5-18-6-11-9)16-8-3-1-7(2-4-8)12(14)15/h1-6H. The van der Waals surface area contributed by atoms with E-state index in [0.29, 0.717) is 0 Å². The molecular weight excluding hydrogens is 260 g/mol. The summed E-state index contributed by atoms with van der Waals surface area (Å²) >= 11 is 1.27. The summed E-state index contributed by atoms with van der Waals surface area (Å²) in [5.74, 6) is 0.299. The summed E-state index contributed by atoms with van der Waals surface area (Å²) in [6.07, 6.45) is -0.949. The Morgan fingerprint density at radius 2 is 2.00 bits per heavy atom. The monoisotopic (exact) mass is 266 g/mol. The van der Waals surface area contributed by atoms with Crippen LogP contribution in [0, 0.1) is 10.1 Å². The number of hydrogen-bond donors (Lipinski definition) is 0. The van der Waals surface area contributed by atoms with E-state index in [1.54, 1.807) is 0 Å². The van der Waals surface area contributed by atoms with Gasteiger partial charge in [-0.25, -0.2) is 9.78 Å². The lowest BCUT2D eigenvalue weighted by Crippen LogP contribution is -2.13. The van der Waals surface area contributed by atoms with Gasteiger partial charge in [-0.05, 0) is 12.1 Å². The van der Waals surface area contributed by atoms with Gasteiger partial charge in [-0.1, -0.05) is 0 Å². The van der Waals surface area contributed by atoms with Crippen LogP contribution < -0.4 is 9.47 Å². The van der Waals surface area contributed by atoms with Crippen LogP contribution in [0.5, 0.6) is 11.6 Å². The molecule has 0 amide bonds. The number of rotatable bonds is 3. The first-order valence-electron chi connectivity index (χ1n) is 4.67. The largest absolute Gasteiger partial charge is 0.520 e. The van der Waals surface area contributed by atoms with Crippen molar-refractivity contribution in [1.29, 1.82) is 0 Å². The Kier molecular flexibility index (Phi) is 3.49. The van der Waals surface area contributed by atoms with E-state index < -0.39 is 11.1 Å². The summed E-state index contributed by atoms with van der Waals surface area (Å²) in [7, 11) is 0. The van der Waals surface area contributed by atoms with Gasteiger partial charge in [0.15, 0.2) is 0 Å². The van der Waals surface area contributed by atoms with Crippen LogP contribution in [0.15, 0.2) is 35.2 Å². The highest BCUT2D eigenvalue weighted by atomic mass is 32.1. The molecule has 0 aliphatic rings. The number of thiazole rings is 1. The van der Waals surface area contributed by atoms with Gasteiger partial charge in [0.2, 0.25) is 5.88 Å². The molecule has 0 saturated carbocycles. The second kappa shape index (κ2) is 5.23. The summed E-state index contributed by atoms with van der Waals surface area (Å²) in [6.45, 7) is 0. The molecular formula is C10H6N2O5S. The maximum Gasteiger partial charge on any atom is 0.520 e. The zero-order valence-electron chi connectivity index (χ0n) is 8.81. The number of non-ortho nitro benzene ring substituents is 1. The van der Waals surface area contributed by atoms with E-state index in [4.69, 9.17) is 9.47 Å². The molecule has 92 valence electrons. The smallest absolute Gasteiger partial charge is 0.395 e. The van der Waals surface area contributed by atoms with Gasteiger partial charge in [-0.3, -0.25) is 10.1 Å². The molecule has 2 aromatic rings. The molecule has 0 aliphatic carbocycles. The molecule has 8 heteroatoms. The Balaban J connectivity index is 1.97. The maximum absolute atomic E-state index is 11.3. The zero-order valence-corrected chi connectivity index (χ0v) is 9.62. The molecule has 1 aromatic heterocycles. The van der Waals surface area contributed by atoms with Gasteiger partial charge in [0.1, 0.15) is 5.75 Å². The number of carbonyl (C=O) groups is 1. The van der Waals surface area contributed by atoms with Crippen LogP contribution in [0.2, 0.25) is 0 Å². The minimum atomic E-state index is -0.949. The molecule has 0 fully saturated rings. The molecule has 0 bridgehead atoms. The average molecular weight is 266 g/mol. The first-order valence-corrected chi connectivity index (χ1v) is 5.62. The molecule has 0 radical (unpaired) electrons. The van der Waals surface area contributed by atoms with Gasteiger partial charge < -0.3 is 9.47 Å². The molecule has 1 aromatic carbocycles. The average Bonchev–Trinajstić information content (AvgIpc) is 2.82. The fourth-order valence-corrected chi connectivity index (χ4v) is 1.54. The van der Waals surface area contributed by atoms with E-state index in [-0.39, 0.29) is 17.3 Å². The van der Waals surface area contributed by atoms with Crippen LogP contribution in [0.4, 0.5) is 10.5 Å². The molecule has 1 heterocycles. The molecule has 2 rings (SSSR count). The predicted octanol–water partition coefficient (Wildman–Crippen LogP) is 2.63. The van der Waals surface area contributed by atoms with Gasteiger partial charge in [0.05, 0.1) is 15.8 Å². The Bertz CT molecular complexity index is 552. The number of benzene rings is 1. The quantitative estimate of drug-likeness (QED) is 0.367. The Hall–Kier alpha value is -2.48. The highest BCUT2D eigenvalue weighted by Gasteiger charge is 2.10. The summed E-state index contributed by atoms with van der Waals surface area (Å²) in [5, 5.41) is 12.0. The SMILES string of the molecule is O=C(Oc1ccc([N+](=O)[O-])cc1)Oc1cscn1. The van der Waals surface area contributed by atoms with Crippen molar-refractivity contribution in [2.75, 3.05) is 0 Å². The fourth-order valence-electron chi connectivity index (χ4n) is 1.09. The van der Waals surface area contributed by atoms with Gasteiger partial charge in [0, 0.05) is 12.1 Å². The van der Waals surface area contributed by atoms with Crippen LogP contribution in [0.25, 0.3) is 0 Å². The van der Waals surface area contributed by atoms with E-state index in [1.165, 1.54) is 46.5 Å². The molecule has 7 nitrogen and oxygen atoms in total.